The molecule has 0 saturated carbocycles. The predicted octanol–water partition coefficient (Wildman–Crippen LogP) is 1.34. The molecular formula is C14H21FN2O3S. The normalized spacial score (nSPS) is 19.6. The molecule has 1 aliphatic rings. The zero-order chi connectivity index (χ0) is 15.7. The molecule has 0 amide bonds. The first-order valence-corrected chi connectivity index (χ1v) is 8.27. The van der Waals surface area contributed by atoms with E-state index in [9.17, 15) is 12.8 Å². The maximum Gasteiger partial charge on any atom is 0.243 e. The highest BCUT2D eigenvalue weighted by Gasteiger charge is 2.35. The molecule has 1 aliphatic heterocycles. The summed E-state index contributed by atoms with van der Waals surface area (Å²) in [7, 11) is -2.02. The van der Waals surface area contributed by atoms with Crippen LogP contribution in [0, 0.1) is 5.82 Å². The van der Waals surface area contributed by atoms with Crippen LogP contribution in [-0.2, 0) is 21.3 Å². The standard InChI is InChI=1S/C14H21FN2O3S/c1-14(2)10-17(6-7-20-14)21(18,19)13-8-12(15)5-4-11(13)9-16-3/h4-5,8,16H,6-7,9-10H2,1-3H3. The average molecular weight is 316 g/mol. The topological polar surface area (TPSA) is 58.6 Å². The first kappa shape index (κ1) is 16.4. The molecule has 1 N–H and O–H groups in total. The molecule has 1 saturated heterocycles. The largest absolute Gasteiger partial charge is 0.373 e. The molecule has 21 heavy (non-hydrogen) atoms. The third-order valence-corrected chi connectivity index (χ3v) is 5.33. The van der Waals surface area contributed by atoms with Crippen molar-refractivity contribution in [2.75, 3.05) is 26.7 Å². The number of benzene rings is 1. The van der Waals surface area contributed by atoms with E-state index in [0.717, 1.165) is 6.07 Å². The van der Waals surface area contributed by atoms with Crippen molar-refractivity contribution >= 4 is 10.0 Å². The summed E-state index contributed by atoms with van der Waals surface area (Å²) in [6.07, 6.45) is 0. The number of hydrogen-bond acceptors (Lipinski definition) is 4. The Kier molecular flexibility index (Phi) is 4.67. The highest BCUT2D eigenvalue weighted by atomic mass is 32.2. The summed E-state index contributed by atoms with van der Waals surface area (Å²) in [5.74, 6) is -0.555. The first-order valence-electron chi connectivity index (χ1n) is 6.83. The summed E-state index contributed by atoms with van der Waals surface area (Å²) >= 11 is 0. The number of halogens is 1. The fraction of sp³-hybridized carbons (Fsp3) is 0.571. The Labute approximate surface area is 125 Å². The second-order valence-corrected chi connectivity index (χ2v) is 7.64. The molecule has 0 aliphatic carbocycles. The van der Waals surface area contributed by atoms with Crippen LogP contribution in [0.1, 0.15) is 19.4 Å². The van der Waals surface area contributed by atoms with E-state index in [4.69, 9.17) is 4.74 Å². The molecule has 0 radical (unpaired) electrons. The van der Waals surface area contributed by atoms with Gasteiger partial charge < -0.3 is 10.1 Å². The summed E-state index contributed by atoms with van der Waals surface area (Å²) in [6.45, 7) is 4.92. The zero-order valence-electron chi connectivity index (χ0n) is 12.5. The predicted molar refractivity (Wildman–Crippen MR) is 78.0 cm³/mol. The quantitative estimate of drug-likeness (QED) is 0.911. The molecule has 0 aromatic heterocycles. The van der Waals surface area contributed by atoms with E-state index in [1.165, 1.54) is 16.4 Å². The lowest BCUT2D eigenvalue weighted by atomic mass is 10.1. The summed E-state index contributed by atoms with van der Waals surface area (Å²) in [5, 5.41) is 2.91. The molecule has 0 unspecified atom stereocenters. The monoisotopic (exact) mass is 316 g/mol. The molecule has 5 nitrogen and oxygen atoms in total. The zero-order valence-corrected chi connectivity index (χ0v) is 13.3. The number of nitrogens with one attached hydrogen (secondary N) is 1. The van der Waals surface area contributed by atoms with Gasteiger partial charge in [-0.05, 0) is 38.6 Å². The number of hydrogen-bond donors (Lipinski definition) is 1. The van der Waals surface area contributed by atoms with Crippen molar-refractivity contribution in [3.05, 3.63) is 29.6 Å². The van der Waals surface area contributed by atoms with Gasteiger partial charge in [-0.2, -0.15) is 4.31 Å². The number of nitrogens with zero attached hydrogens (tertiary/aromatic N) is 1. The Morgan fingerprint density at radius 1 is 1.43 bits per heavy atom. The van der Waals surface area contributed by atoms with E-state index in [2.05, 4.69) is 5.32 Å². The minimum atomic E-state index is -3.74. The molecular weight excluding hydrogens is 295 g/mol. The maximum atomic E-state index is 13.5. The van der Waals surface area contributed by atoms with Crippen LogP contribution in [0.15, 0.2) is 23.1 Å². The molecule has 118 valence electrons. The minimum Gasteiger partial charge on any atom is -0.373 e. The van der Waals surface area contributed by atoms with Gasteiger partial charge in [-0.1, -0.05) is 6.07 Å². The highest BCUT2D eigenvalue weighted by Crippen LogP contribution is 2.26. The number of sulfonamides is 1. The molecule has 0 atom stereocenters. The number of ether oxygens (including phenoxy) is 1. The van der Waals surface area contributed by atoms with E-state index < -0.39 is 21.4 Å². The van der Waals surface area contributed by atoms with Gasteiger partial charge in [0.1, 0.15) is 5.82 Å². The van der Waals surface area contributed by atoms with E-state index in [1.807, 2.05) is 13.8 Å². The lowest BCUT2D eigenvalue weighted by molar-refractivity contribution is -0.0640. The van der Waals surface area contributed by atoms with Gasteiger partial charge >= 0.3 is 0 Å². The Balaban J connectivity index is 2.41. The van der Waals surface area contributed by atoms with Crippen molar-refractivity contribution < 1.29 is 17.5 Å². The second-order valence-electron chi connectivity index (χ2n) is 5.73. The summed E-state index contributed by atoms with van der Waals surface area (Å²) in [5.41, 5.74) is 0.0187. The van der Waals surface area contributed by atoms with Crippen LogP contribution in [0.2, 0.25) is 0 Å². The number of rotatable bonds is 4. The van der Waals surface area contributed by atoms with E-state index in [1.54, 1.807) is 7.05 Å². The third-order valence-electron chi connectivity index (χ3n) is 3.40. The molecule has 2 rings (SSSR count). The van der Waals surface area contributed by atoms with E-state index in [-0.39, 0.29) is 18.0 Å². The van der Waals surface area contributed by atoms with Gasteiger partial charge in [-0.15, -0.1) is 0 Å². The van der Waals surface area contributed by atoms with Crippen molar-refractivity contribution in [2.24, 2.45) is 0 Å². The fourth-order valence-electron chi connectivity index (χ4n) is 2.42. The second kappa shape index (κ2) is 6.00. The Bertz CT molecular complexity index is 617. The van der Waals surface area contributed by atoms with Crippen LogP contribution in [0.3, 0.4) is 0 Å². The summed E-state index contributed by atoms with van der Waals surface area (Å²) in [4.78, 5) is 0.0227. The van der Waals surface area contributed by atoms with Crippen LogP contribution >= 0.6 is 0 Å². The van der Waals surface area contributed by atoms with Gasteiger partial charge in [-0.25, -0.2) is 12.8 Å². The van der Waals surface area contributed by atoms with Crippen molar-refractivity contribution in [1.82, 2.24) is 9.62 Å². The number of morpholine rings is 1. The van der Waals surface area contributed by atoms with E-state index >= 15 is 0 Å². The van der Waals surface area contributed by atoms with Crippen LogP contribution in [0.5, 0.6) is 0 Å². The Morgan fingerprint density at radius 3 is 2.76 bits per heavy atom. The fourth-order valence-corrected chi connectivity index (χ4v) is 4.23. The Hall–Kier alpha value is -1.02. The van der Waals surface area contributed by atoms with Crippen LogP contribution in [0.4, 0.5) is 4.39 Å². The average Bonchev–Trinajstić information content (AvgIpc) is 2.40. The first-order chi connectivity index (χ1) is 9.76. The van der Waals surface area contributed by atoms with Gasteiger partial charge in [0.05, 0.1) is 17.1 Å². The van der Waals surface area contributed by atoms with Crippen molar-refractivity contribution in [2.45, 2.75) is 30.9 Å². The van der Waals surface area contributed by atoms with Crippen LogP contribution < -0.4 is 5.32 Å². The third kappa shape index (κ3) is 3.60. The molecule has 1 fully saturated rings. The minimum absolute atomic E-state index is 0.0227. The molecule has 1 aromatic carbocycles. The van der Waals surface area contributed by atoms with Gasteiger partial charge in [0.15, 0.2) is 0 Å². The molecule has 1 heterocycles. The van der Waals surface area contributed by atoms with Gasteiger partial charge in [0.2, 0.25) is 10.0 Å². The molecule has 0 spiro atoms. The maximum absolute atomic E-state index is 13.5. The smallest absolute Gasteiger partial charge is 0.243 e. The van der Waals surface area contributed by atoms with Gasteiger partial charge in [0.25, 0.3) is 0 Å². The van der Waals surface area contributed by atoms with E-state index in [0.29, 0.717) is 18.7 Å². The Morgan fingerprint density at radius 2 is 2.14 bits per heavy atom. The summed E-state index contributed by atoms with van der Waals surface area (Å²) < 4.78 is 46.0. The lowest BCUT2D eigenvalue weighted by Crippen LogP contribution is -2.50. The van der Waals surface area contributed by atoms with Crippen molar-refractivity contribution in [3.8, 4) is 0 Å². The van der Waals surface area contributed by atoms with Crippen LogP contribution in [-0.4, -0.2) is 45.1 Å². The van der Waals surface area contributed by atoms with Crippen molar-refractivity contribution in [3.63, 3.8) is 0 Å². The van der Waals surface area contributed by atoms with Gasteiger partial charge in [-0.3, -0.25) is 0 Å². The molecule has 0 bridgehead atoms. The molecule has 1 aromatic rings. The van der Waals surface area contributed by atoms with Crippen LogP contribution in [0.25, 0.3) is 0 Å². The van der Waals surface area contributed by atoms with Crippen molar-refractivity contribution in [1.29, 1.82) is 0 Å². The highest BCUT2D eigenvalue weighted by molar-refractivity contribution is 7.89. The molecule has 7 heteroatoms. The SMILES string of the molecule is CNCc1ccc(F)cc1S(=O)(=O)N1CCOC(C)(C)C1. The lowest BCUT2D eigenvalue weighted by Gasteiger charge is -2.37. The summed E-state index contributed by atoms with van der Waals surface area (Å²) in [6, 6.07) is 3.86. The van der Waals surface area contributed by atoms with Gasteiger partial charge in [0, 0.05) is 19.6 Å².